The smallest absolute Gasteiger partial charge is 0.0497 e. The average molecular weight is 307 g/mol. The third-order valence-electron chi connectivity index (χ3n) is 5.60. The first-order chi connectivity index (χ1) is 10.1. The van der Waals surface area contributed by atoms with Crippen LogP contribution in [-0.2, 0) is 0 Å². The van der Waals surface area contributed by atoms with Gasteiger partial charge in [-0.15, -0.1) is 0 Å². The highest BCUT2D eigenvalue weighted by atomic mass is 35.5. The molecule has 1 aromatic carbocycles. The molecule has 2 N–H and O–H groups in total. The fourth-order valence-corrected chi connectivity index (χ4v) is 4.64. The molecule has 0 bridgehead atoms. The Morgan fingerprint density at radius 1 is 1.14 bits per heavy atom. The van der Waals surface area contributed by atoms with Crippen molar-refractivity contribution in [3.63, 3.8) is 0 Å². The predicted octanol–water partition coefficient (Wildman–Crippen LogP) is 4.38. The third kappa shape index (κ3) is 3.28. The Hall–Kier alpha value is -0.570. The van der Waals surface area contributed by atoms with Crippen molar-refractivity contribution in [3.8, 4) is 0 Å². The molecule has 2 atom stereocenters. The highest BCUT2D eigenvalue weighted by Crippen LogP contribution is 2.47. The molecule has 1 spiro atoms. The first kappa shape index (κ1) is 15.3. The minimum absolute atomic E-state index is 0.126. The number of rotatable bonds is 3. The molecule has 116 valence electrons. The molecule has 1 heterocycles. The minimum Gasteiger partial charge on any atom is -0.326 e. The van der Waals surface area contributed by atoms with Gasteiger partial charge in [-0.05, 0) is 68.8 Å². The Morgan fingerprint density at radius 2 is 1.81 bits per heavy atom. The predicted molar refractivity (Wildman–Crippen MR) is 89.6 cm³/mol. The van der Waals surface area contributed by atoms with Crippen LogP contribution in [0.4, 0.5) is 0 Å². The SMILES string of the molecule is CC(N)C(c1cccc(Cl)c1)N1CCC2(CCCC2)CC1. The molecule has 2 fully saturated rings. The standard InChI is InChI=1S/C18H27ClN2/c1-14(20)17(15-5-4-6-16(19)13-15)21-11-9-18(10-12-21)7-2-3-8-18/h4-6,13-14,17H,2-3,7-12,20H2,1H3. The zero-order chi connectivity index (χ0) is 14.9. The van der Waals surface area contributed by atoms with Crippen LogP contribution in [0.2, 0.25) is 5.02 Å². The molecule has 3 rings (SSSR count). The highest BCUT2D eigenvalue weighted by molar-refractivity contribution is 6.30. The van der Waals surface area contributed by atoms with Gasteiger partial charge in [-0.2, -0.15) is 0 Å². The van der Waals surface area contributed by atoms with Gasteiger partial charge in [0.15, 0.2) is 0 Å². The molecule has 0 aromatic heterocycles. The van der Waals surface area contributed by atoms with Crippen LogP contribution in [0, 0.1) is 5.41 Å². The summed E-state index contributed by atoms with van der Waals surface area (Å²) in [6.07, 6.45) is 8.45. The van der Waals surface area contributed by atoms with E-state index in [-0.39, 0.29) is 6.04 Å². The second kappa shape index (κ2) is 6.28. The maximum atomic E-state index is 6.31. The van der Waals surface area contributed by atoms with Crippen LogP contribution in [0.5, 0.6) is 0 Å². The molecule has 2 nitrogen and oxygen atoms in total. The molecule has 1 aliphatic heterocycles. The summed E-state index contributed by atoms with van der Waals surface area (Å²) in [5.74, 6) is 0. The summed E-state index contributed by atoms with van der Waals surface area (Å²) in [4.78, 5) is 2.58. The lowest BCUT2D eigenvalue weighted by Gasteiger charge is -2.44. The topological polar surface area (TPSA) is 29.3 Å². The number of benzene rings is 1. The summed E-state index contributed by atoms with van der Waals surface area (Å²) >= 11 is 6.17. The van der Waals surface area contributed by atoms with Gasteiger partial charge in [0.1, 0.15) is 0 Å². The van der Waals surface area contributed by atoms with E-state index in [9.17, 15) is 0 Å². The quantitative estimate of drug-likeness (QED) is 0.897. The van der Waals surface area contributed by atoms with Gasteiger partial charge in [-0.3, -0.25) is 4.90 Å². The van der Waals surface area contributed by atoms with Gasteiger partial charge in [-0.1, -0.05) is 36.6 Å². The van der Waals surface area contributed by atoms with Gasteiger partial charge in [0.05, 0.1) is 0 Å². The van der Waals surface area contributed by atoms with Crippen molar-refractivity contribution in [1.82, 2.24) is 4.90 Å². The van der Waals surface area contributed by atoms with E-state index in [1.165, 1.54) is 57.2 Å². The van der Waals surface area contributed by atoms with Crippen molar-refractivity contribution in [1.29, 1.82) is 0 Å². The van der Waals surface area contributed by atoms with Gasteiger partial charge in [0.2, 0.25) is 0 Å². The minimum atomic E-state index is 0.126. The number of hydrogen-bond acceptors (Lipinski definition) is 2. The zero-order valence-electron chi connectivity index (χ0n) is 13.0. The van der Waals surface area contributed by atoms with Crippen molar-refractivity contribution in [2.45, 2.75) is 57.5 Å². The maximum absolute atomic E-state index is 6.31. The Balaban J connectivity index is 1.74. The number of nitrogens with zero attached hydrogens (tertiary/aromatic N) is 1. The molecule has 1 aromatic rings. The van der Waals surface area contributed by atoms with Crippen LogP contribution in [0.25, 0.3) is 0 Å². The lowest BCUT2D eigenvalue weighted by Crippen LogP contribution is -2.46. The summed E-state index contributed by atoms with van der Waals surface area (Å²) in [5, 5.41) is 0.808. The van der Waals surface area contributed by atoms with E-state index in [0.717, 1.165) is 5.02 Å². The Morgan fingerprint density at radius 3 is 2.38 bits per heavy atom. The molecule has 21 heavy (non-hydrogen) atoms. The molecule has 0 radical (unpaired) electrons. The van der Waals surface area contributed by atoms with Gasteiger partial charge < -0.3 is 5.73 Å². The fraction of sp³-hybridized carbons (Fsp3) is 0.667. The Labute approximate surface area is 133 Å². The van der Waals surface area contributed by atoms with E-state index in [1.54, 1.807) is 0 Å². The van der Waals surface area contributed by atoms with E-state index in [4.69, 9.17) is 17.3 Å². The van der Waals surface area contributed by atoms with E-state index >= 15 is 0 Å². The van der Waals surface area contributed by atoms with Gasteiger partial charge >= 0.3 is 0 Å². The summed E-state index contributed by atoms with van der Waals surface area (Å²) in [5.41, 5.74) is 8.23. The number of nitrogens with two attached hydrogens (primary N) is 1. The first-order valence-corrected chi connectivity index (χ1v) is 8.73. The molecule has 2 aliphatic rings. The number of piperidine rings is 1. The number of halogens is 1. The monoisotopic (exact) mass is 306 g/mol. The zero-order valence-corrected chi connectivity index (χ0v) is 13.8. The van der Waals surface area contributed by atoms with Crippen LogP contribution in [-0.4, -0.2) is 24.0 Å². The van der Waals surface area contributed by atoms with Crippen molar-refractivity contribution in [3.05, 3.63) is 34.9 Å². The largest absolute Gasteiger partial charge is 0.326 e. The van der Waals surface area contributed by atoms with Gasteiger partial charge in [-0.25, -0.2) is 0 Å². The summed E-state index contributed by atoms with van der Waals surface area (Å²) in [6.45, 7) is 4.48. The highest BCUT2D eigenvalue weighted by Gasteiger charge is 2.39. The summed E-state index contributed by atoms with van der Waals surface area (Å²) in [6, 6.07) is 8.64. The van der Waals surface area contributed by atoms with Crippen LogP contribution < -0.4 is 5.73 Å². The van der Waals surface area contributed by atoms with Crippen molar-refractivity contribution in [2.75, 3.05) is 13.1 Å². The molecule has 0 amide bonds. The van der Waals surface area contributed by atoms with Crippen LogP contribution >= 0.6 is 11.6 Å². The second-order valence-electron chi connectivity index (χ2n) is 7.10. The van der Waals surface area contributed by atoms with Gasteiger partial charge in [0.25, 0.3) is 0 Å². The van der Waals surface area contributed by atoms with Crippen molar-refractivity contribution >= 4 is 11.6 Å². The average Bonchev–Trinajstić information content (AvgIpc) is 2.90. The Bertz CT molecular complexity index is 470. The van der Waals surface area contributed by atoms with Crippen LogP contribution in [0.1, 0.15) is 57.1 Å². The molecule has 1 aliphatic carbocycles. The van der Waals surface area contributed by atoms with Crippen molar-refractivity contribution < 1.29 is 0 Å². The lowest BCUT2D eigenvalue weighted by atomic mass is 9.76. The molecule has 3 heteroatoms. The molecule has 1 saturated carbocycles. The summed E-state index contributed by atoms with van der Waals surface area (Å²) in [7, 11) is 0. The summed E-state index contributed by atoms with van der Waals surface area (Å²) < 4.78 is 0. The van der Waals surface area contributed by atoms with E-state index in [0.29, 0.717) is 11.5 Å². The number of hydrogen-bond donors (Lipinski definition) is 1. The number of likely N-dealkylation sites (tertiary alicyclic amines) is 1. The normalized spacial score (nSPS) is 25.1. The third-order valence-corrected chi connectivity index (χ3v) is 5.84. The van der Waals surface area contributed by atoms with E-state index in [1.807, 2.05) is 12.1 Å². The van der Waals surface area contributed by atoms with Crippen LogP contribution in [0.15, 0.2) is 24.3 Å². The van der Waals surface area contributed by atoms with E-state index in [2.05, 4.69) is 24.0 Å². The molecule has 1 saturated heterocycles. The first-order valence-electron chi connectivity index (χ1n) is 8.35. The van der Waals surface area contributed by atoms with Gasteiger partial charge in [0, 0.05) is 17.1 Å². The maximum Gasteiger partial charge on any atom is 0.0497 e. The Kier molecular flexibility index (Phi) is 4.58. The fourth-order valence-electron chi connectivity index (χ4n) is 4.44. The lowest BCUT2D eigenvalue weighted by molar-refractivity contribution is 0.0677. The van der Waals surface area contributed by atoms with E-state index < -0.39 is 0 Å². The van der Waals surface area contributed by atoms with Crippen LogP contribution in [0.3, 0.4) is 0 Å². The molecular formula is C18H27ClN2. The second-order valence-corrected chi connectivity index (χ2v) is 7.54. The molecule has 2 unspecified atom stereocenters. The molecular weight excluding hydrogens is 280 g/mol. The van der Waals surface area contributed by atoms with Crippen molar-refractivity contribution in [2.24, 2.45) is 11.1 Å².